The summed E-state index contributed by atoms with van der Waals surface area (Å²) in [6.07, 6.45) is 8.29. The minimum atomic E-state index is -3.98. The Morgan fingerprint density at radius 1 is 1.17 bits per heavy atom. The number of nitrogens with one attached hydrogen (secondary N) is 1. The maximum Gasteiger partial charge on any atom is 0.263 e. The molecule has 1 N–H and O–H groups in total. The standard InChI is InChI=1S/C14H12FN5O2S/c1-20-9-10(5-18-20)13-2-3-16-8-14(13)19-23(21,22)12-4-11(15)6-17-7-12/h2-9,19H,1H3. The second-order valence-electron chi connectivity index (χ2n) is 4.77. The van der Waals surface area contributed by atoms with Crippen molar-refractivity contribution in [1.82, 2.24) is 19.7 Å². The van der Waals surface area contributed by atoms with E-state index in [1.165, 1.54) is 6.20 Å². The van der Waals surface area contributed by atoms with Crippen molar-refractivity contribution < 1.29 is 12.8 Å². The molecule has 3 rings (SSSR count). The number of sulfonamides is 1. The molecule has 0 fully saturated rings. The fourth-order valence-electron chi connectivity index (χ4n) is 2.03. The van der Waals surface area contributed by atoms with Crippen LogP contribution in [0.5, 0.6) is 0 Å². The first kappa shape index (κ1) is 15.1. The lowest BCUT2D eigenvalue weighted by atomic mass is 10.1. The number of hydrogen-bond donors (Lipinski definition) is 1. The van der Waals surface area contributed by atoms with Crippen LogP contribution in [0.15, 0.2) is 54.2 Å². The summed E-state index contributed by atoms with van der Waals surface area (Å²) >= 11 is 0. The fourth-order valence-corrected chi connectivity index (χ4v) is 3.07. The minimum absolute atomic E-state index is 0.265. The average Bonchev–Trinajstić information content (AvgIpc) is 2.94. The molecule has 0 radical (unpaired) electrons. The van der Waals surface area contributed by atoms with Gasteiger partial charge < -0.3 is 0 Å². The molecule has 0 bridgehead atoms. The first-order valence-corrected chi connectivity index (χ1v) is 8.00. The lowest BCUT2D eigenvalue weighted by Gasteiger charge is -2.11. The van der Waals surface area contributed by atoms with Gasteiger partial charge in [0.25, 0.3) is 10.0 Å². The molecule has 7 nitrogen and oxygen atoms in total. The lowest BCUT2D eigenvalue weighted by Crippen LogP contribution is -2.14. The van der Waals surface area contributed by atoms with Gasteiger partial charge in [-0.05, 0) is 12.1 Å². The van der Waals surface area contributed by atoms with Crippen LogP contribution >= 0.6 is 0 Å². The number of pyridine rings is 2. The molecule has 0 aliphatic carbocycles. The van der Waals surface area contributed by atoms with E-state index in [2.05, 4.69) is 19.8 Å². The van der Waals surface area contributed by atoms with Gasteiger partial charge in [-0.25, -0.2) is 12.8 Å². The molecule has 0 aliphatic rings. The molecule has 23 heavy (non-hydrogen) atoms. The summed E-state index contributed by atoms with van der Waals surface area (Å²) in [6.45, 7) is 0. The van der Waals surface area contributed by atoms with E-state index in [9.17, 15) is 12.8 Å². The van der Waals surface area contributed by atoms with Crippen molar-refractivity contribution in [3.8, 4) is 11.1 Å². The van der Waals surface area contributed by atoms with Gasteiger partial charge in [-0.2, -0.15) is 5.10 Å². The average molecular weight is 333 g/mol. The molecule has 0 spiro atoms. The molecule has 0 saturated heterocycles. The number of anilines is 1. The van der Waals surface area contributed by atoms with E-state index in [0.29, 0.717) is 5.56 Å². The van der Waals surface area contributed by atoms with Gasteiger partial charge in [0, 0.05) is 36.8 Å². The molecular formula is C14H12FN5O2S. The van der Waals surface area contributed by atoms with Gasteiger partial charge in [-0.15, -0.1) is 0 Å². The van der Waals surface area contributed by atoms with Crippen LogP contribution in [0, 0.1) is 5.82 Å². The van der Waals surface area contributed by atoms with E-state index in [0.717, 1.165) is 24.0 Å². The topological polar surface area (TPSA) is 89.8 Å². The number of halogens is 1. The Bertz CT molecular complexity index is 955. The first-order chi connectivity index (χ1) is 11.0. The highest BCUT2D eigenvalue weighted by atomic mass is 32.2. The maximum absolute atomic E-state index is 13.2. The molecule has 3 aromatic rings. The molecule has 0 unspecified atom stereocenters. The van der Waals surface area contributed by atoms with Crippen LogP contribution in [-0.2, 0) is 17.1 Å². The largest absolute Gasteiger partial charge is 0.277 e. The number of aryl methyl sites for hydroxylation is 1. The predicted octanol–water partition coefficient (Wildman–Crippen LogP) is 1.82. The number of nitrogens with zero attached hydrogens (tertiary/aromatic N) is 4. The van der Waals surface area contributed by atoms with Gasteiger partial charge in [-0.3, -0.25) is 19.4 Å². The van der Waals surface area contributed by atoms with Gasteiger partial charge in [0.2, 0.25) is 0 Å². The Morgan fingerprint density at radius 3 is 2.70 bits per heavy atom. The van der Waals surface area contributed by atoms with Crippen molar-refractivity contribution in [1.29, 1.82) is 0 Å². The van der Waals surface area contributed by atoms with E-state index in [-0.39, 0.29) is 10.6 Å². The highest BCUT2D eigenvalue weighted by molar-refractivity contribution is 7.92. The highest BCUT2D eigenvalue weighted by Gasteiger charge is 2.18. The number of rotatable bonds is 4. The van der Waals surface area contributed by atoms with Gasteiger partial charge in [-0.1, -0.05) is 0 Å². The Labute approximate surface area is 131 Å². The molecular weight excluding hydrogens is 321 g/mol. The summed E-state index contributed by atoms with van der Waals surface area (Å²) in [6, 6.07) is 2.56. The van der Waals surface area contributed by atoms with Crippen LogP contribution in [0.3, 0.4) is 0 Å². The van der Waals surface area contributed by atoms with Crippen molar-refractivity contribution in [3.63, 3.8) is 0 Å². The van der Waals surface area contributed by atoms with Crippen molar-refractivity contribution in [3.05, 3.63) is 55.1 Å². The Balaban J connectivity index is 2.00. The zero-order valence-electron chi connectivity index (χ0n) is 12.0. The van der Waals surface area contributed by atoms with Crippen LogP contribution in [0.4, 0.5) is 10.1 Å². The summed E-state index contributed by atoms with van der Waals surface area (Å²) in [5.41, 5.74) is 1.61. The van der Waals surface area contributed by atoms with Crippen molar-refractivity contribution >= 4 is 15.7 Å². The van der Waals surface area contributed by atoms with E-state index < -0.39 is 15.8 Å². The van der Waals surface area contributed by atoms with Crippen LogP contribution in [0.2, 0.25) is 0 Å². The molecule has 3 heterocycles. The van der Waals surface area contributed by atoms with Gasteiger partial charge in [0.15, 0.2) is 0 Å². The Morgan fingerprint density at radius 2 is 2.00 bits per heavy atom. The molecule has 0 saturated carbocycles. The van der Waals surface area contributed by atoms with Crippen molar-refractivity contribution in [2.24, 2.45) is 7.05 Å². The molecule has 0 atom stereocenters. The van der Waals surface area contributed by atoms with Gasteiger partial charge in [0.1, 0.15) is 10.7 Å². The van der Waals surface area contributed by atoms with E-state index in [1.807, 2.05) is 0 Å². The number of aromatic nitrogens is 4. The molecule has 0 aromatic carbocycles. The van der Waals surface area contributed by atoms with Crippen LogP contribution in [0.25, 0.3) is 11.1 Å². The smallest absolute Gasteiger partial charge is 0.263 e. The second-order valence-corrected chi connectivity index (χ2v) is 6.45. The molecule has 0 amide bonds. The summed E-state index contributed by atoms with van der Waals surface area (Å²) in [4.78, 5) is 7.22. The van der Waals surface area contributed by atoms with Crippen molar-refractivity contribution in [2.75, 3.05) is 4.72 Å². The third kappa shape index (κ3) is 3.19. The van der Waals surface area contributed by atoms with Crippen LogP contribution in [0.1, 0.15) is 0 Å². The van der Waals surface area contributed by atoms with E-state index in [1.54, 1.807) is 36.4 Å². The summed E-state index contributed by atoms with van der Waals surface area (Å²) in [5, 5.41) is 4.06. The molecule has 9 heteroatoms. The van der Waals surface area contributed by atoms with Gasteiger partial charge >= 0.3 is 0 Å². The zero-order chi connectivity index (χ0) is 16.4. The fraction of sp³-hybridized carbons (Fsp3) is 0.0714. The molecule has 0 aliphatic heterocycles. The summed E-state index contributed by atoms with van der Waals surface area (Å²) in [5.74, 6) is -0.730. The predicted molar refractivity (Wildman–Crippen MR) is 81.4 cm³/mol. The van der Waals surface area contributed by atoms with Crippen LogP contribution < -0.4 is 4.72 Å². The summed E-state index contributed by atoms with van der Waals surface area (Å²) < 4.78 is 42.0. The maximum atomic E-state index is 13.2. The van der Waals surface area contributed by atoms with Gasteiger partial charge in [0.05, 0.1) is 24.3 Å². The third-order valence-corrected chi connectivity index (χ3v) is 4.40. The second kappa shape index (κ2) is 5.76. The third-order valence-electron chi connectivity index (χ3n) is 3.07. The minimum Gasteiger partial charge on any atom is -0.277 e. The van der Waals surface area contributed by atoms with E-state index >= 15 is 0 Å². The zero-order valence-corrected chi connectivity index (χ0v) is 12.8. The Hall–Kier alpha value is -2.81. The highest BCUT2D eigenvalue weighted by Crippen LogP contribution is 2.28. The monoisotopic (exact) mass is 333 g/mol. The molecule has 118 valence electrons. The summed E-state index contributed by atoms with van der Waals surface area (Å²) in [7, 11) is -2.22. The molecule has 3 aromatic heterocycles. The quantitative estimate of drug-likeness (QED) is 0.786. The normalized spacial score (nSPS) is 11.4. The lowest BCUT2D eigenvalue weighted by molar-refractivity contribution is 0.592. The number of hydrogen-bond acceptors (Lipinski definition) is 5. The first-order valence-electron chi connectivity index (χ1n) is 6.52. The SMILES string of the molecule is Cn1cc(-c2ccncc2NS(=O)(=O)c2cncc(F)c2)cn1. The van der Waals surface area contributed by atoms with Crippen LogP contribution in [-0.4, -0.2) is 28.2 Å². The van der Waals surface area contributed by atoms with E-state index in [4.69, 9.17) is 0 Å². The van der Waals surface area contributed by atoms with Crippen molar-refractivity contribution in [2.45, 2.75) is 4.90 Å². The Kier molecular flexibility index (Phi) is 3.78.